The summed E-state index contributed by atoms with van der Waals surface area (Å²) in [6.07, 6.45) is 0.571. The average Bonchev–Trinajstić information content (AvgIpc) is 3.23. The number of methoxy groups -OCH3 is 1. The Morgan fingerprint density at radius 1 is 1.06 bits per heavy atom. The van der Waals surface area contributed by atoms with Crippen LogP contribution in [0, 0.1) is 17.7 Å². The van der Waals surface area contributed by atoms with E-state index < -0.39 is 0 Å². The average molecular weight is 454 g/mol. The molecule has 0 N–H and O–H groups in total. The van der Waals surface area contributed by atoms with Gasteiger partial charge < -0.3 is 14.5 Å². The van der Waals surface area contributed by atoms with Crippen molar-refractivity contribution in [2.75, 3.05) is 57.8 Å². The fourth-order valence-electron chi connectivity index (χ4n) is 5.18. The molecular formula is C27H36FN3O2. The van der Waals surface area contributed by atoms with Crippen molar-refractivity contribution < 1.29 is 13.9 Å². The number of rotatable bonds is 7. The summed E-state index contributed by atoms with van der Waals surface area (Å²) in [7, 11) is 1.70. The van der Waals surface area contributed by atoms with Gasteiger partial charge in [-0.25, -0.2) is 4.39 Å². The highest BCUT2D eigenvalue weighted by atomic mass is 19.1. The van der Waals surface area contributed by atoms with Crippen LogP contribution in [0.1, 0.15) is 31.7 Å². The molecular weight excluding hydrogens is 417 g/mol. The van der Waals surface area contributed by atoms with Gasteiger partial charge in [-0.2, -0.15) is 0 Å². The molecule has 2 heterocycles. The zero-order valence-electron chi connectivity index (χ0n) is 20.0. The van der Waals surface area contributed by atoms with Crippen LogP contribution in [0.25, 0.3) is 0 Å². The molecule has 0 unspecified atom stereocenters. The van der Waals surface area contributed by atoms with Crippen molar-refractivity contribution in [3.8, 4) is 5.75 Å². The maximum Gasteiger partial charge on any atom is 0.222 e. The first-order valence-corrected chi connectivity index (χ1v) is 12.1. The number of nitrogens with zero attached hydrogens (tertiary/aromatic N) is 3. The molecule has 6 heteroatoms. The van der Waals surface area contributed by atoms with E-state index in [9.17, 15) is 9.18 Å². The molecule has 2 atom stereocenters. The molecule has 2 aromatic rings. The van der Waals surface area contributed by atoms with E-state index in [1.165, 1.54) is 11.8 Å². The predicted molar refractivity (Wildman–Crippen MR) is 130 cm³/mol. The highest BCUT2D eigenvalue weighted by molar-refractivity contribution is 5.76. The summed E-state index contributed by atoms with van der Waals surface area (Å²) in [5.41, 5.74) is 2.20. The van der Waals surface area contributed by atoms with Crippen LogP contribution in [0.4, 0.5) is 10.1 Å². The molecule has 33 heavy (non-hydrogen) atoms. The lowest BCUT2D eigenvalue weighted by molar-refractivity contribution is -0.131. The van der Waals surface area contributed by atoms with Crippen LogP contribution in [0.2, 0.25) is 0 Å². The third-order valence-electron chi connectivity index (χ3n) is 6.94. The number of hydrogen-bond acceptors (Lipinski definition) is 4. The third-order valence-corrected chi connectivity index (χ3v) is 6.94. The molecule has 0 radical (unpaired) electrons. The van der Waals surface area contributed by atoms with Crippen molar-refractivity contribution in [2.45, 2.75) is 26.2 Å². The summed E-state index contributed by atoms with van der Waals surface area (Å²) in [6, 6.07) is 15.2. The van der Waals surface area contributed by atoms with Gasteiger partial charge >= 0.3 is 0 Å². The Morgan fingerprint density at radius 2 is 1.82 bits per heavy atom. The summed E-state index contributed by atoms with van der Waals surface area (Å²) in [5.74, 6) is 1.72. The van der Waals surface area contributed by atoms with Gasteiger partial charge in [-0.3, -0.25) is 9.69 Å². The zero-order valence-corrected chi connectivity index (χ0v) is 20.0. The van der Waals surface area contributed by atoms with Crippen molar-refractivity contribution in [3.05, 3.63) is 59.9 Å². The summed E-state index contributed by atoms with van der Waals surface area (Å²) in [5, 5.41) is 0. The first kappa shape index (κ1) is 23.6. The van der Waals surface area contributed by atoms with Crippen molar-refractivity contribution in [1.82, 2.24) is 9.80 Å². The smallest absolute Gasteiger partial charge is 0.222 e. The van der Waals surface area contributed by atoms with Gasteiger partial charge in [0.15, 0.2) is 0 Å². The minimum Gasteiger partial charge on any atom is -0.497 e. The number of carbonyl (C=O) groups is 1. The summed E-state index contributed by atoms with van der Waals surface area (Å²) in [4.78, 5) is 19.7. The lowest BCUT2D eigenvalue weighted by Gasteiger charge is -2.38. The van der Waals surface area contributed by atoms with Gasteiger partial charge in [-0.15, -0.1) is 0 Å². The van der Waals surface area contributed by atoms with Crippen molar-refractivity contribution >= 4 is 11.6 Å². The van der Waals surface area contributed by atoms with Crippen molar-refractivity contribution in [2.24, 2.45) is 11.8 Å². The molecule has 0 spiro atoms. The highest BCUT2D eigenvalue weighted by Gasteiger charge is 2.37. The monoisotopic (exact) mass is 453 g/mol. The Bertz CT molecular complexity index is 942. The number of carbonyl (C=O) groups excluding carboxylic acids is 1. The van der Waals surface area contributed by atoms with Crippen LogP contribution in [0.15, 0.2) is 48.5 Å². The van der Waals surface area contributed by atoms with Gasteiger partial charge in [0.2, 0.25) is 5.91 Å². The second kappa shape index (κ2) is 10.6. The number of benzene rings is 2. The highest BCUT2D eigenvalue weighted by Crippen LogP contribution is 2.34. The van der Waals surface area contributed by atoms with E-state index in [0.29, 0.717) is 24.8 Å². The number of ether oxygens (including phenoxy) is 1. The lowest BCUT2D eigenvalue weighted by atomic mass is 9.88. The Morgan fingerprint density at radius 3 is 2.52 bits per heavy atom. The number of likely N-dealkylation sites (tertiary alicyclic amines) is 1. The molecule has 0 aromatic heterocycles. The number of anilines is 1. The number of amides is 1. The van der Waals surface area contributed by atoms with E-state index in [4.69, 9.17) is 4.74 Å². The molecule has 2 aliphatic heterocycles. The van der Waals surface area contributed by atoms with E-state index >= 15 is 0 Å². The number of halogens is 1. The van der Waals surface area contributed by atoms with Gasteiger partial charge in [0.1, 0.15) is 11.6 Å². The van der Waals surface area contributed by atoms with Crippen LogP contribution in [-0.4, -0.2) is 68.6 Å². The van der Waals surface area contributed by atoms with Crippen LogP contribution in [-0.2, 0) is 4.79 Å². The Balaban J connectivity index is 1.41. The molecule has 0 bridgehead atoms. The van der Waals surface area contributed by atoms with E-state index in [1.807, 2.05) is 23.1 Å². The molecule has 0 aliphatic carbocycles. The summed E-state index contributed by atoms with van der Waals surface area (Å²) < 4.78 is 19.4. The second-order valence-corrected chi connectivity index (χ2v) is 9.81. The topological polar surface area (TPSA) is 36.0 Å². The molecule has 1 amide bonds. The van der Waals surface area contributed by atoms with E-state index in [2.05, 4.69) is 35.8 Å². The molecule has 2 aliphatic rings. The molecule has 5 nitrogen and oxygen atoms in total. The molecule has 2 saturated heterocycles. The fraction of sp³-hybridized carbons (Fsp3) is 0.519. The minimum atomic E-state index is -0.204. The zero-order chi connectivity index (χ0) is 23.4. The van der Waals surface area contributed by atoms with Crippen LogP contribution in [0.5, 0.6) is 5.75 Å². The van der Waals surface area contributed by atoms with Crippen molar-refractivity contribution in [1.29, 1.82) is 0 Å². The third kappa shape index (κ3) is 5.85. The second-order valence-electron chi connectivity index (χ2n) is 9.81. The van der Waals surface area contributed by atoms with Gasteiger partial charge in [0, 0.05) is 69.9 Å². The van der Waals surface area contributed by atoms with Crippen LogP contribution < -0.4 is 9.64 Å². The van der Waals surface area contributed by atoms with Crippen LogP contribution in [0.3, 0.4) is 0 Å². The van der Waals surface area contributed by atoms with Gasteiger partial charge in [-0.05, 0) is 41.7 Å². The SMILES string of the molecule is COc1cccc(N2CCN(C[C@H]3CN(C(=O)CC(C)C)C[C@H]3c3cccc(F)c3)CC2)c1. The maximum absolute atomic E-state index is 14.0. The summed E-state index contributed by atoms with van der Waals surface area (Å²) >= 11 is 0. The van der Waals surface area contributed by atoms with E-state index in [-0.39, 0.29) is 17.6 Å². The molecule has 2 fully saturated rings. The van der Waals surface area contributed by atoms with Gasteiger partial charge in [0.25, 0.3) is 0 Å². The Hall–Kier alpha value is -2.60. The van der Waals surface area contributed by atoms with Crippen LogP contribution >= 0.6 is 0 Å². The number of hydrogen-bond donors (Lipinski definition) is 0. The fourth-order valence-corrected chi connectivity index (χ4v) is 5.18. The lowest BCUT2D eigenvalue weighted by Crippen LogP contribution is -2.48. The first-order valence-electron chi connectivity index (χ1n) is 12.1. The predicted octanol–water partition coefficient (Wildman–Crippen LogP) is 4.24. The first-order chi connectivity index (χ1) is 15.9. The van der Waals surface area contributed by atoms with Gasteiger partial charge in [-0.1, -0.05) is 32.0 Å². The summed E-state index contributed by atoms with van der Waals surface area (Å²) in [6.45, 7) is 10.4. The molecule has 2 aromatic carbocycles. The molecule has 178 valence electrons. The molecule has 0 saturated carbocycles. The Kier molecular flexibility index (Phi) is 7.53. The van der Waals surface area contributed by atoms with Gasteiger partial charge in [0.05, 0.1) is 7.11 Å². The standard InChI is InChI=1S/C27H36FN3O2/c1-20(2)14-27(32)31-18-22(26(19-31)21-6-4-7-23(28)15-21)17-29-10-12-30(13-11-29)24-8-5-9-25(16-24)33-3/h4-9,15-16,20,22,26H,10-14,17-19H2,1-3H3/t22-,26-/m0/s1. The van der Waals surface area contributed by atoms with E-state index in [1.54, 1.807) is 19.2 Å². The minimum absolute atomic E-state index is 0.174. The largest absolute Gasteiger partial charge is 0.497 e. The quantitative estimate of drug-likeness (QED) is 0.628. The number of piperazine rings is 1. The van der Waals surface area contributed by atoms with E-state index in [0.717, 1.165) is 50.6 Å². The Labute approximate surface area is 197 Å². The normalized spacial score (nSPS) is 21.6. The van der Waals surface area contributed by atoms with Crippen molar-refractivity contribution in [3.63, 3.8) is 0 Å². The maximum atomic E-state index is 14.0. The molecule has 4 rings (SSSR count).